The van der Waals surface area contributed by atoms with Crippen molar-refractivity contribution in [2.45, 2.75) is 13.5 Å². The van der Waals surface area contributed by atoms with Gasteiger partial charge >= 0.3 is 0 Å². The van der Waals surface area contributed by atoms with Gasteiger partial charge in [0.1, 0.15) is 23.9 Å². The first-order valence-electron chi connectivity index (χ1n) is 10.6. The number of nitrogens with zero attached hydrogens (tertiary/aromatic N) is 2. The maximum absolute atomic E-state index is 12.7. The van der Waals surface area contributed by atoms with Crippen LogP contribution in [0.1, 0.15) is 27.2 Å². The zero-order valence-corrected chi connectivity index (χ0v) is 19.4. The van der Waals surface area contributed by atoms with Crippen molar-refractivity contribution in [3.05, 3.63) is 116 Å². The summed E-state index contributed by atoms with van der Waals surface area (Å²) in [5, 5.41) is 15.7. The quantitative estimate of drug-likeness (QED) is 0.181. The van der Waals surface area contributed by atoms with Gasteiger partial charge in [-0.1, -0.05) is 54.1 Å². The Bertz CT molecular complexity index is 1410. The molecule has 4 aromatic rings. The van der Waals surface area contributed by atoms with E-state index in [9.17, 15) is 14.9 Å². The average Bonchev–Trinajstić information content (AvgIpc) is 3.32. The molecule has 1 heterocycles. The van der Waals surface area contributed by atoms with Crippen LogP contribution in [0.2, 0.25) is 5.02 Å². The van der Waals surface area contributed by atoms with Crippen LogP contribution in [0.3, 0.4) is 0 Å². The zero-order chi connectivity index (χ0) is 24.8. The van der Waals surface area contributed by atoms with E-state index in [1.165, 1.54) is 12.3 Å². The number of nitro groups is 1. The molecular formula is C26H20ClN3O5. The molecule has 35 heavy (non-hydrogen) atoms. The standard InChI is InChI=1S/C26H20ClN3O5/c1-17-20(9-6-11-23(17)30(32)33)25-14-13-19(35-25)15-28-29-26(31)21-8-3-5-12-24(21)34-16-18-7-2-4-10-22(18)27/h2-15H,16H2,1H3,(H,29,31)/b28-15+. The average molecular weight is 490 g/mol. The SMILES string of the molecule is Cc1c(-c2ccc(/C=N/NC(=O)c3ccccc3OCc3ccccc3Cl)o2)cccc1[N+](=O)[O-]. The van der Waals surface area contributed by atoms with Crippen LogP contribution < -0.4 is 10.2 Å². The van der Waals surface area contributed by atoms with Crippen molar-refractivity contribution in [1.29, 1.82) is 0 Å². The number of halogens is 1. The number of carbonyl (C=O) groups excluding carboxylic acids is 1. The topological polar surface area (TPSA) is 107 Å². The largest absolute Gasteiger partial charge is 0.488 e. The Kier molecular flexibility index (Phi) is 7.23. The van der Waals surface area contributed by atoms with Crippen molar-refractivity contribution >= 4 is 29.4 Å². The van der Waals surface area contributed by atoms with Gasteiger partial charge in [-0.3, -0.25) is 14.9 Å². The molecule has 8 nitrogen and oxygen atoms in total. The second kappa shape index (κ2) is 10.7. The maximum Gasteiger partial charge on any atom is 0.275 e. The lowest BCUT2D eigenvalue weighted by Gasteiger charge is -2.11. The molecule has 0 fully saturated rings. The Labute approximate surface area is 206 Å². The van der Waals surface area contributed by atoms with Gasteiger partial charge in [0.2, 0.25) is 0 Å². The molecule has 0 spiro atoms. The predicted molar refractivity (Wildman–Crippen MR) is 133 cm³/mol. The minimum Gasteiger partial charge on any atom is -0.488 e. The summed E-state index contributed by atoms with van der Waals surface area (Å²) < 4.78 is 11.6. The first kappa shape index (κ1) is 23.7. The molecule has 0 atom stereocenters. The van der Waals surface area contributed by atoms with Crippen molar-refractivity contribution < 1.29 is 18.9 Å². The number of hydrazone groups is 1. The van der Waals surface area contributed by atoms with Crippen molar-refractivity contribution in [2.75, 3.05) is 0 Å². The molecule has 0 saturated heterocycles. The Hall–Kier alpha value is -4.43. The lowest BCUT2D eigenvalue weighted by atomic mass is 10.1. The summed E-state index contributed by atoms with van der Waals surface area (Å²) in [4.78, 5) is 23.4. The summed E-state index contributed by atoms with van der Waals surface area (Å²) in [6.45, 7) is 1.87. The van der Waals surface area contributed by atoms with Gasteiger partial charge in [0.15, 0.2) is 0 Å². The molecule has 0 bridgehead atoms. The number of ether oxygens (including phenoxy) is 1. The highest BCUT2D eigenvalue weighted by atomic mass is 35.5. The second-order valence-electron chi connectivity index (χ2n) is 7.48. The van der Waals surface area contributed by atoms with Crippen LogP contribution in [0, 0.1) is 17.0 Å². The van der Waals surface area contributed by atoms with Crippen molar-refractivity contribution in [3.63, 3.8) is 0 Å². The fourth-order valence-corrected chi connectivity index (χ4v) is 3.61. The van der Waals surface area contributed by atoms with Crippen molar-refractivity contribution in [3.8, 4) is 17.1 Å². The normalized spacial score (nSPS) is 10.9. The highest BCUT2D eigenvalue weighted by molar-refractivity contribution is 6.31. The molecule has 3 aromatic carbocycles. The first-order valence-corrected chi connectivity index (χ1v) is 10.9. The number of nitrogens with one attached hydrogen (secondary N) is 1. The number of nitro benzene ring substituents is 1. The highest BCUT2D eigenvalue weighted by Crippen LogP contribution is 2.30. The number of hydrogen-bond acceptors (Lipinski definition) is 6. The molecule has 1 amide bonds. The lowest BCUT2D eigenvalue weighted by Crippen LogP contribution is -2.18. The third-order valence-electron chi connectivity index (χ3n) is 5.22. The molecule has 0 unspecified atom stereocenters. The van der Waals surface area contributed by atoms with Crippen LogP contribution in [-0.4, -0.2) is 17.0 Å². The fourth-order valence-electron chi connectivity index (χ4n) is 3.42. The van der Waals surface area contributed by atoms with Crippen molar-refractivity contribution in [2.24, 2.45) is 5.10 Å². The van der Waals surface area contributed by atoms with E-state index in [0.717, 1.165) is 5.56 Å². The molecule has 1 N–H and O–H groups in total. The summed E-state index contributed by atoms with van der Waals surface area (Å²) in [6.07, 6.45) is 1.35. The van der Waals surface area contributed by atoms with Gasteiger partial charge < -0.3 is 9.15 Å². The number of carbonyl (C=O) groups is 1. The Balaban J connectivity index is 1.43. The van der Waals surface area contributed by atoms with Crippen molar-refractivity contribution in [1.82, 2.24) is 5.43 Å². The molecule has 9 heteroatoms. The first-order chi connectivity index (χ1) is 16.9. The van der Waals surface area contributed by atoms with Gasteiger partial charge in [-0.2, -0.15) is 5.10 Å². The van der Waals surface area contributed by atoms with Gasteiger partial charge in [0.25, 0.3) is 11.6 Å². The summed E-state index contributed by atoms with van der Waals surface area (Å²) in [7, 11) is 0. The van der Waals surface area contributed by atoms with E-state index in [4.69, 9.17) is 20.8 Å². The van der Waals surface area contributed by atoms with Gasteiger partial charge in [-0.05, 0) is 37.3 Å². The minimum absolute atomic E-state index is 0.0109. The number of furan rings is 1. The summed E-state index contributed by atoms with van der Waals surface area (Å²) in [5.41, 5.74) is 4.68. The molecule has 4 rings (SSSR count). The summed E-state index contributed by atoms with van der Waals surface area (Å²) in [5.74, 6) is 0.755. The third kappa shape index (κ3) is 5.56. The van der Waals surface area contributed by atoms with E-state index in [0.29, 0.717) is 39.0 Å². The summed E-state index contributed by atoms with van der Waals surface area (Å²) >= 11 is 6.17. The number of rotatable bonds is 8. The van der Waals surface area contributed by atoms with E-state index in [1.54, 1.807) is 61.5 Å². The van der Waals surface area contributed by atoms with E-state index in [1.807, 2.05) is 18.2 Å². The molecule has 0 saturated carbocycles. The maximum atomic E-state index is 12.7. The molecule has 0 aliphatic rings. The van der Waals surface area contributed by atoms with Crippen LogP contribution in [0.5, 0.6) is 5.75 Å². The molecule has 0 aliphatic carbocycles. The van der Waals surface area contributed by atoms with Crippen LogP contribution in [0.25, 0.3) is 11.3 Å². The minimum atomic E-state index is -0.461. The fraction of sp³-hybridized carbons (Fsp3) is 0.0769. The predicted octanol–water partition coefficient (Wildman–Crippen LogP) is 6.16. The van der Waals surface area contributed by atoms with Crippen LogP contribution in [0.15, 0.2) is 88.4 Å². The smallest absolute Gasteiger partial charge is 0.275 e. The van der Waals surface area contributed by atoms with Gasteiger partial charge in [-0.25, -0.2) is 5.43 Å². The van der Waals surface area contributed by atoms with E-state index in [-0.39, 0.29) is 12.3 Å². The van der Waals surface area contributed by atoms with Gasteiger partial charge in [0.05, 0.1) is 16.7 Å². The van der Waals surface area contributed by atoms with Crippen LogP contribution in [0.4, 0.5) is 5.69 Å². The molecule has 0 aliphatic heterocycles. The third-order valence-corrected chi connectivity index (χ3v) is 5.59. The highest BCUT2D eigenvalue weighted by Gasteiger charge is 2.16. The van der Waals surface area contributed by atoms with Crippen LogP contribution >= 0.6 is 11.6 Å². The van der Waals surface area contributed by atoms with Gasteiger partial charge in [-0.15, -0.1) is 0 Å². The van der Waals surface area contributed by atoms with E-state index < -0.39 is 10.8 Å². The number of hydrogen-bond donors (Lipinski definition) is 1. The monoisotopic (exact) mass is 489 g/mol. The Morgan fingerprint density at radius 1 is 1.09 bits per heavy atom. The number of para-hydroxylation sites is 1. The molecular weight excluding hydrogens is 470 g/mol. The molecule has 0 radical (unpaired) electrons. The van der Waals surface area contributed by atoms with E-state index >= 15 is 0 Å². The second-order valence-corrected chi connectivity index (χ2v) is 7.89. The Morgan fingerprint density at radius 2 is 1.86 bits per heavy atom. The van der Waals surface area contributed by atoms with Crippen LogP contribution in [-0.2, 0) is 6.61 Å². The van der Waals surface area contributed by atoms with E-state index in [2.05, 4.69) is 10.5 Å². The molecule has 1 aromatic heterocycles. The number of amides is 1. The number of benzene rings is 3. The zero-order valence-electron chi connectivity index (χ0n) is 18.6. The lowest BCUT2D eigenvalue weighted by molar-refractivity contribution is -0.385. The Morgan fingerprint density at radius 3 is 2.66 bits per heavy atom. The molecule has 176 valence electrons. The summed E-state index contributed by atoms with van der Waals surface area (Å²) in [6, 6.07) is 22.2. The van der Waals surface area contributed by atoms with Gasteiger partial charge in [0, 0.05) is 27.8 Å².